The monoisotopic (exact) mass is 191 g/mol. The maximum atomic E-state index is 5.43. The molecule has 5 nitrogen and oxygen atoms in total. The molecule has 0 amide bonds. The van der Waals surface area contributed by atoms with E-state index in [-0.39, 0.29) is 0 Å². The third kappa shape index (κ3) is 1.72. The van der Waals surface area contributed by atoms with Gasteiger partial charge in [-0.2, -0.15) is 0 Å². The van der Waals surface area contributed by atoms with Crippen LogP contribution < -0.4 is 5.73 Å². The topological polar surface area (TPSA) is 69.1 Å². The minimum Gasteiger partial charge on any atom is -0.330 e. The van der Waals surface area contributed by atoms with Crippen LogP contribution in [0.1, 0.15) is 18.7 Å². The van der Waals surface area contributed by atoms with Gasteiger partial charge < -0.3 is 5.73 Å². The molecule has 0 aliphatic heterocycles. The van der Waals surface area contributed by atoms with Crippen LogP contribution in [0, 0.1) is 0 Å². The second-order valence-electron chi connectivity index (χ2n) is 3.17. The predicted molar refractivity (Wildman–Crippen MR) is 52.8 cm³/mol. The minimum atomic E-state index is 0.731. The fraction of sp³-hybridized carbons (Fsp3) is 0.444. The Morgan fingerprint density at radius 1 is 1.29 bits per heavy atom. The van der Waals surface area contributed by atoms with Crippen molar-refractivity contribution < 1.29 is 0 Å². The Kier molecular flexibility index (Phi) is 2.69. The fourth-order valence-electron chi connectivity index (χ4n) is 1.39. The van der Waals surface area contributed by atoms with Gasteiger partial charge in [-0.1, -0.05) is 0 Å². The Morgan fingerprint density at radius 3 is 3.07 bits per heavy atom. The summed E-state index contributed by atoms with van der Waals surface area (Å²) in [5, 5.41) is 8.14. The van der Waals surface area contributed by atoms with Gasteiger partial charge in [-0.3, -0.25) is 4.40 Å². The van der Waals surface area contributed by atoms with E-state index >= 15 is 0 Å². The fourth-order valence-corrected chi connectivity index (χ4v) is 1.39. The lowest BCUT2D eigenvalue weighted by atomic mass is 10.2. The number of unbranched alkanes of at least 4 members (excludes halogenated alkanes) is 1. The molecule has 14 heavy (non-hydrogen) atoms. The largest absolute Gasteiger partial charge is 0.330 e. The van der Waals surface area contributed by atoms with Crippen LogP contribution in [0.5, 0.6) is 0 Å². The molecule has 2 rings (SSSR count). The molecule has 2 heterocycles. The lowest BCUT2D eigenvalue weighted by Crippen LogP contribution is -2.01. The highest BCUT2D eigenvalue weighted by atomic mass is 15.3. The van der Waals surface area contributed by atoms with Crippen LogP contribution in [0.3, 0.4) is 0 Å². The van der Waals surface area contributed by atoms with Gasteiger partial charge in [-0.25, -0.2) is 4.98 Å². The van der Waals surface area contributed by atoms with Gasteiger partial charge in [0.05, 0.1) is 0 Å². The van der Waals surface area contributed by atoms with Gasteiger partial charge in [-0.05, 0) is 19.4 Å². The Balaban J connectivity index is 2.17. The molecule has 2 aromatic heterocycles. The molecule has 5 heteroatoms. The molecule has 74 valence electrons. The average molecular weight is 191 g/mol. The Bertz CT molecular complexity index is 408. The first-order valence-corrected chi connectivity index (χ1v) is 4.75. The quantitative estimate of drug-likeness (QED) is 0.710. The molecule has 0 radical (unpaired) electrons. The van der Waals surface area contributed by atoms with Crippen molar-refractivity contribution >= 4 is 5.65 Å². The molecule has 0 unspecified atom stereocenters. The first-order chi connectivity index (χ1) is 6.92. The Labute approximate surface area is 82.0 Å². The van der Waals surface area contributed by atoms with Crippen molar-refractivity contribution in [3.63, 3.8) is 0 Å². The molecular weight excluding hydrogens is 178 g/mol. The van der Waals surface area contributed by atoms with Crippen LogP contribution in [-0.2, 0) is 6.42 Å². The van der Waals surface area contributed by atoms with Crippen LogP contribution in [0.15, 0.2) is 18.6 Å². The molecule has 0 atom stereocenters. The summed E-state index contributed by atoms with van der Waals surface area (Å²) in [4.78, 5) is 4.03. The number of hydrogen-bond acceptors (Lipinski definition) is 4. The van der Waals surface area contributed by atoms with Crippen molar-refractivity contribution in [3.05, 3.63) is 24.4 Å². The first kappa shape index (κ1) is 9.08. The molecule has 0 bridgehead atoms. The second-order valence-corrected chi connectivity index (χ2v) is 3.17. The van der Waals surface area contributed by atoms with Crippen LogP contribution >= 0.6 is 0 Å². The molecule has 0 aliphatic carbocycles. The van der Waals surface area contributed by atoms with Crippen LogP contribution in [-0.4, -0.2) is 26.1 Å². The maximum absolute atomic E-state index is 5.43. The van der Waals surface area contributed by atoms with Crippen molar-refractivity contribution in [3.8, 4) is 0 Å². The lowest BCUT2D eigenvalue weighted by molar-refractivity contribution is 0.708. The third-order valence-electron chi connectivity index (χ3n) is 2.14. The third-order valence-corrected chi connectivity index (χ3v) is 2.14. The van der Waals surface area contributed by atoms with E-state index in [1.807, 2.05) is 10.5 Å². The van der Waals surface area contributed by atoms with Crippen LogP contribution in [0.4, 0.5) is 0 Å². The summed E-state index contributed by atoms with van der Waals surface area (Å²) in [6, 6.07) is 1.85. The minimum absolute atomic E-state index is 0.731. The molecule has 0 saturated heterocycles. The summed E-state index contributed by atoms with van der Waals surface area (Å²) >= 11 is 0. The van der Waals surface area contributed by atoms with Crippen molar-refractivity contribution in [2.24, 2.45) is 5.73 Å². The lowest BCUT2D eigenvalue weighted by Gasteiger charge is -1.97. The van der Waals surface area contributed by atoms with E-state index in [4.69, 9.17) is 5.73 Å². The molecule has 0 saturated carbocycles. The van der Waals surface area contributed by atoms with E-state index in [0.717, 1.165) is 37.3 Å². The summed E-state index contributed by atoms with van der Waals surface area (Å²) < 4.78 is 1.91. The van der Waals surface area contributed by atoms with Gasteiger partial charge in [0.1, 0.15) is 12.2 Å². The summed E-state index contributed by atoms with van der Waals surface area (Å²) in [5.74, 6) is 0.960. The maximum Gasteiger partial charge on any atom is 0.163 e. The standard InChI is InChI=1S/C9H13N5/c10-5-2-1-3-8-12-13-9-4-6-11-7-14(8)9/h4,6-7H,1-3,5,10H2. The number of aromatic nitrogens is 4. The zero-order valence-electron chi connectivity index (χ0n) is 7.93. The van der Waals surface area contributed by atoms with Crippen molar-refractivity contribution in [1.29, 1.82) is 0 Å². The highest BCUT2D eigenvalue weighted by Crippen LogP contribution is 2.04. The SMILES string of the molecule is NCCCCc1nnc2ccncn12. The van der Waals surface area contributed by atoms with Gasteiger partial charge in [-0.15, -0.1) is 10.2 Å². The molecular formula is C9H13N5. The highest BCUT2D eigenvalue weighted by molar-refractivity contribution is 5.35. The van der Waals surface area contributed by atoms with Crippen molar-refractivity contribution in [2.45, 2.75) is 19.3 Å². The number of fused-ring (bicyclic) bond motifs is 1. The zero-order valence-corrected chi connectivity index (χ0v) is 7.93. The van der Waals surface area contributed by atoms with Crippen molar-refractivity contribution in [1.82, 2.24) is 19.6 Å². The van der Waals surface area contributed by atoms with Gasteiger partial charge >= 0.3 is 0 Å². The number of rotatable bonds is 4. The molecule has 2 N–H and O–H groups in total. The van der Waals surface area contributed by atoms with Gasteiger partial charge in [0, 0.05) is 18.7 Å². The van der Waals surface area contributed by atoms with Gasteiger partial charge in [0.25, 0.3) is 0 Å². The molecule has 0 spiro atoms. The molecule has 2 aromatic rings. The van der Waals surface area contributed by atoms with E-state index in [2.05, 4.69) is 15.2 Å². The Morgan fingerprint density at radius 2 is 2.21 bits per heavy atom. The van der Waals surface area contributed by atoms with E-state index in [9.17, 15) is 0 Å². The van der Waals surface area contributed by atoms with Crippen LogP contribution in [0.25, 0.3) is 5.65 Å². The van der Waals surface area contributed by atoms with Crippen molar-refractivity contribution in [2.75, 3.05) is 6.54 Å². The van der Waals surface area contributed by atoms with E-state index in [1.54, 1.807) is 12.5 Å². The van der Waals surface area contributed by atoms with Crippen LogP contribution in [0.2, 0.25) is 0 Å². The van der Waals surface area contributed by atoms with Gasteiger partial charge in [0.2, 0.25) is 0 Å². The predicted octanol–water partition coefficient (Wildman–Crippen LogP) is 0.406. The van der Waals surface area contributed by atoms with E-state index < -0.39 is 0 Å². The number of aryl methyl sites for hydroxylation is 1. The summed E-state index contributed by atoms with van der Waals surface area (Å²) in [7, 11) is 0. The normalized spacial score (nSPS) is 10.9. The summed E-state index contributed by atoms with van der Waals surface area (Å²) in [6.45, 7) is 0.731. The first-order valence-electron chi connectivity index (χ1n) is 4.75. The summed E-state index contributed by atoms with van der Waals surface area (Å²) in [6.07, 6.45) is 6.44. The van der Waals surface area contributed by atoms with Gasteiger partial charge in [0.15, 0.2) is 5.65 Å². The smallest absolute Gasteiger partial charge is 0.163 e. The second kappa shape index (κ2) is 4.15. The number of nitrogens with two attached hydrogens (primary N) is 1. The molecule has 0 aromatic carbocycles. The highest BCUT2D eigenvalue weighted by Gasteiger charge is 2.03. The van der Waals surface area contributed by atoms with E-state index in [0.29, 0.717) is 0 Å². The Hall–Kier alpha value is -1.49. The summed E-state index contributed by atoms with van der Waals surface area (Å²) in [5.41, 5.74) is 6.28. The van der Waals surface area contributed by atoms with E-state index in [1.165, 1.54) is 0 Å². The molecule has 0 fully saturated rings. The number of nitrogens with zero attached hydrogens (tertiary/aromatic N) is 4. The molecule has 0 aliphatic rings. The number of hydrogen-bond donors (Lipinski definition) is 1. The zero-order chi connectivity index (χ0) is 9.80. The average Bonchev–Trinajstić information content (AvgIpc) is 2.63.